The number of hydrogen-bond donors (Lipinski definition) is 4. The van der Waals surface area contributed by atoms with Crippen LogP contribution in [-0.4, -0.2) is 32.0 Å². The number of rotatable bonds is 8. The monoisotopic (exact) mass is 760 g/mol. The molecule has 11 nitrogen and oxygen atoms in total. The second-order valence-corrected chi connectivity index (χ2v) is 13.6. The molecule has 0 saturated carbocycles. The molecule has 0 aromatic heterocycles. The number of carbonyl (C=O) groups excluding carboxylic acids is 1. The molecule has 0 bridgehead atoms. The molecule has 4 N–H and O–H groups in total. The van der Waals surface area contributed by atoms with Gasteiger partial charge in [0.1, 0.15) is 32.7 Å². The number of urea groups is 1. The zero-order chi connectivity index (χ0) is 32.6. The van der Waals surface area contributed by atoms with Crippen LogP contribution >= 0.6 is 69.6 Å². The first-order valence-electron chi connectivity index (χ1n) is 11.4. The summed E-state index contributed by atoms with van der Waals surface area (Å²) in [5.74, 6) is -0.844. The Hall–Kier alpha value is -2.69. The maximum absolute atomic E-state index is 13.3. The fourth-order valence-electron chi connectivity index (χ4n) is 3.60. The van der Waals surface area contributed by atoms with Gasteiger partial charge in [0, 0.05) is 10.0 Å². The van der Waals surface area contributed by atoms with E-state index in [9.17, 15) is 30.7 Å². The Morgan fingerprint density at radius 1 is 0.545 bits per heavy atom. The lowest BCUT2D eigenvalue weighted by Gasteiger charge is -2.19. The lowest BCUT2D eigenvalue weighted by molar-refractivity contribution is 0.262. The molecule has 0 atom stereocenters. The average molecular weight is 763 g/mol. The van der Waals surface area contributed by atoms with Gasteiger partial charge in [-0.1, -0.05) is 69.6 Å². The normalized spacial score (nSPS) is 11.6. The molecular formula is C25H14Cl6N2O9S2. The summed E-state index contributed by atoms with van der Waals surface area (Å²) in [6.45, 7) is 0. The van der Waals surface area contributed by atoms with Crippen LogP contribution in [0.1, 0.15) is 0 Å². The van der Waals surface area contributed by atoms with E-state index in [1.54, 1.807) is 0 Å². The number of anilines is 2. The van der Waals surface area contributed by atoms with Crippen LogP contribution in [0, 0.1) is 0 Å². The molecule has 0 aliphatic carbocycles. The lowest BCUT2D eigenvalue weighted by Crippen LogP contribution is -2.23. The molecule has 0 fully saturated rings. The van der Waals surface area contributed by atoms with Crippen molar-refractivity contribution in [2.24, 2.45) is 0 Å². The molecule has 0 saturated heterocycles. The number of benzene rings is 4. The molecule has 0 aliphatic rings. The van der Waals surface area contributed by atoms with Gasteiger partial charge in [-0.15, -0.1) is 0 Å². The van der Waals surface area contributed by atoms with Crippen LogP contribution in [-0.2, 0) is 20.2 Å². The average Bonchev–Trinajstić information content (AvgIpc) is 2.88. The Balaban J connectivity index is 1.82. The summed E-state index contributed by atoms with van der Waals surface area (Å²) in [7, 11) is -10.3. The van der Waals surface area contributed by atoms with Gasteiger partial charge in [0.05, 0.1) is 20.1 Å². The molecule has 2 amide bonds. The minimum Gasteiger partial charge on any atom is -0.454 e. The highest BCUT2D eigenvalue weighted by Crippen LogP contribution is 2.43. The van der Waals surface area contributed by atoms with E-state index in [1.807, 2.05) is 0 Å². The van der Waals surface area contributed by atoms with E-state index < -0.39 is 57.5 Å². The van der Waals surface area contributed by atoms with Gasteiger partial charge in [0.25, 0.3) is 20.2 Å². The standard InChI is InChI=1S/C25H14Cl6N2O9S2/c26-11-1-5-17(15(30)9-11)41-19-7-3-13(28)23(43(35,36)37)21(19)32-25(34)33-22-20(8-4-14(29)24(22)44(38,39)40)42-18-6-2-12(27)10-16(18)31/h1-10H,(H2,32,33,34)(H,35,36,37)(H,38,39,40). The van der Waals surface area contributed by atoms with Crippen LogP contribution in [0.3, 0.4) is 0 Å². The summed E-state index contributed by atoms with van der Waals surface area (Å²) < 4.78 is 80.4. The van der Waals surface area contributed by atoms with Gasteiger partial charge >= 0.3 is 6.03 Å². The van der Waals surface area contributed by atoms with E-state index in [4.69, 9.17) is 79.1 Å². The molecule has 0 spiro atoms. The maximum Gasteiger partial charge on any atom is 0.323 e. The summed E-state index contributed by atoms with van der Waals surface area (Å²) in [5, 5.41) is 3.74. The number of halogens is 6. The first-order valence-corrected chi connectivity index (χ1v) is 16.5. The molecule has 0 radical (unpaired) electrons. The van der Waals surface area contributed by atoms with E-state index in [1.165, 1.54) is 36.4 Å². The predicted octanol–water partition coefficient (Wildman–Crippen LogP) is 9.33. The highest BCUT2D eigenvalue weighted by Gasteiger charge is 2.29. The van der Waals surface area contributed by atoms with Crippen molar-refractivity contribution in [2.75, 3.05) is 10.6 Å². The summed E-state index contributed by atoms with van der Waals surface area (Å²) in [4.78, 5) is 11.4. The summed E-state index contributed by atoms with van der Waals surface area (Å²) in [6, 6.07) is 11.2. The summed E-state index contributed by atoms with van der Waals surface area (Å²) in [6.07, 6.45) is 0. The van der Waals surface area contributed by atoms with Crippen molar-refractivity contribution in [2.45, 2.75) is 9.79 Å². The van der Waals surface area contributed by atoms with Crippen molar-refractivity contribution in [3.05, 3.63) is 90.8 Å². The van der Waals surface area contributed by atoms with Gasteiger partial charge < -0.3 is 20.1 Å². The minimum absolute atomic E-state index is 0.00405. The van der Waals surface area contributed by atoms with E-state index in [-0.39, 0.29) is 43.1 Å². The van der Waals surface area contributed by atoms with E-state index in [0.717, 1.165) is 24.3 Å². The van der Waals surface area contributed by atoms with Crippen LogP contribution in [0.15, 0.2) is 70.5 Å². The van der Waals surface area contributed by atoms with Gasteiger partial charge in [0.15, 0.2) is 11.5 Å². The summed E-state index contributed by atoms with van der Waals surface area (Å²) >= 11 is 36.2. The SMILES string of the molecule is O=C(Nc1c(Oc2ccc(Cl)cc2Cl)ccc(Cl)c1S(=O)(=O)O)Nc1c(Oc2ccc(Cl)cc2Cl)ccc(Cl)c1S(=O)(=O)O. The zero-order valence-electron chi connectivity index (χ0n) is 21.1. The number of amides is 2. The van der Waals surface area contributed by atoms with Crippen LogP contribution in [0.4, 0.5) is 16.2 Å². The molecule has 0 heterocycles. The molecule has 0 aliphatic heterocycles. The highest BCUT2D eigenvalue weighted by molar-refractivity contribution is 7.86. The van der Waals surface area contributed by atoms with Crippen molar-refractivity contribution < 1.29 is 40.2 Å². The Morgan fingerprint density at radius 2 is 0.886 bits per heavy atom. The molecule has 4 rings (SSSR count). The maximum atomic E-state index is 13.3. The fourth-order valence-corrected chi connectivity index (χ4v) is 6.84. The second kappa shape index (κ2) is 13.3. The van der Waals surface area contributed by atoms with Gasteiger partial charge in [-0.2, -0.15) is 16.8 Å². The van der Waals surface area contributed by atoms with Crippen molar-refractivity contribution in [3.63, 3.8) is 0 Å². The Bertz CT molecular complexity index is 1880. The molecule has 4 aromatic rings. The topological polar surface area (TPSA) is 168 Å². The Morgan fingerprint density at radius 3 is 1.20 bits per heavy atom. The number of nitrogens with one attached hydrogen (secondary N) is 2. The fraction of sp³-hybridized carbons (Fsp3) is 0. The van der Waals surface area contributed by atoms with Crippen molar-refractivity contribution >= 4 is 107 Å². The van der Waals surface area contributed by atoms with Gasteiger partial charge in [-0.05, 0) is 60.7 Å². The van der Waals surface area contributed by atoms with Crippen molar-refractivity contribution in [3.8, 4) is 23.0 Å². The smallest absolute Gasteiger partial charge is 0.323 e. The molecule has 4 aromatic carbocycles. The number of hydrogen-bond acceptors (Lipinski definition) is 7. The number of ether oxygens (including phenoxy) is 2. The van der Waals surface area contributed by atoms with E-state index >= 15 is 0 Å². The zero-order valence-corrected chi connectivity index (χ0v) is 27.3. The summed E-state index contributed by atoms with van der Waals surface area (Å²) in [5.41, 5.74) is -1.38. The highest BCUT2D eigenvalue weighted by atomic mass is 35.5. The Labute approximate surface area is 280 Å². The van der Waals surface area contributed by atoms with E-state index in [2.05, 4.69) is 10.6 Å². The molecule has 44 heavy (non-hydrogen) atoms. The third-order valence-corrected chi connectivity index (χ3v) is 9.16. The first kappa shape index (κ1) is 34.2. The minimum atomic E-state index is -5.13. The Kier molecular flexibility index (Phi) is 10.4. The van der Waals surface area contributed by atoms with Crippen LogP contribution in [0.2, 0.25) is 30.1 Å². The van der Waals surface area contributed by atoms with Crippen molar-refractivity contribution in [1.82, 2.24) is 0 Å². The van der Waals surface area contributed by atoms with E-state index in [0.29, 0.717) is 0 Å². The van der Waals surface area contributed by atoms with Gasteiger partial charge in [0.2, 0.25) is 0 Å². The van der Waals surface area contributed by atoms with Crippen LogP contribution in [0.25, 0.3) is 0 Å². The van der Waals surface area contributed by atoms with Gasteiger partial charge in [-0.3, -0.25) is 9.11 Å². The molecule has 232 valence electrons. The third-order valence-electron chi connectivity index (χ3n) is 5.36. The van der Waals surface area contributed by atoms with Gasteiger partial charge in [-0.25, -0.2) is 4.79 Å². The number of carbonyl (C=O) groups is 1. The van der Waals surface area contributed by atoms with Crippen LogP contribution in [0.5, 0.6) is 23.0 Å². The third kappa shape index (κ3) is 7.93. The van der Waals surface area contributed by atoms with Crippen molar-refractivity contribution in [1.29, 1.82) is 0 Å². The first-order chi connectivity index (χ1) is 20.5. The second-order valence-electron chi connectivity index (χ2n) is 8.38. The molecular weight excluding hydrogens is 749 g/mol. The lowest BCUT2D eigenvalue weighted by atomic mass is 10.2. The van der Waals surface area contributed by atoms with Crippen LogP contribution < -0.4 is 20.1 Å². The quantitative estimate of drug-likeness (QED) is 0.128. The predicted molar refractivity (Wildman–Crippen MR) is 168 cm³/mol. The molecule has 19 heteroatoms. The largest absolute Gasteiger partial charge is 0.454 e. The molecule has 0 unspecified atom stereocenters.